The van der Waals surface area contributed by atoms with Gasteiger partial charge in [0.25, 0.3) is 0 Å². The summed E-state index contributed by atoms with van der Waals surface area (Å²) in [5.74, 6) is 1.68. The molecule has 2 N–H and O–H groups in total. The molecule has 3 aromatic rings. The van der Waals surface area contributed by atoms with E-state index < -0.39 is 0 Å². The highest BCUT2D eigenvalue weighted by molar-refractivity contribution is 5.79. The number of aliphatic imine (C=N–C) groups is 1. The standard InChI is InChI=1S/C21H25FN6O/c1-3-18(29-19-6-4-5-17(22)11-19)14-27-21(23-2)26-13-16-7-8-20(25-12-16)28-10-9-24-15-28/h4-12,15,18H,3,13-14H2,1-2H3,(H2,23,26,27). The Kier molecular flexibility index (Phi) is 7.16. The lowest BCUT2D eigenvalue weighted by Crippen LogP contribution is -2.42. The molecule has 1 unspecified atom stereocenters. The second-order valence-electron chi connectivity index (χ2n) is 6.41. The number of hydrogen-bond donors (Lipinski definition) is 2. The number of hydrogen-bond acceptors (Lipinski definition) is 4. The molecule has 7 nitrogen and oxygen atoms in total. The fourth-order valence-corrected chi connectivity index (χ4v) is 2.69. The van der Waals surface area contributed by atoms with E-state index in [-0.39, 0.29) is 11.9 Å². The zero-order valence-electron chi connectivity index (χ0n) is 16.5. The van der Waals surface area contributed by atoms with Crippen molar-refractivity contribution >= 4 is 5.96 Å². The lowest BCUT2D eigenvalue weighted by molar-refractivity contribution is 0.199. The molecule has 0 amide bonds. The molecule has 3 rings (SSSR count). The fraction of sp³-hybridized carbons (Fsp3) is 0.286. The van der Waals surface area contributed by atoms with Crippen molar-refractivity contribution in [3.63, 3.8) is 0 Å². The van der Waals surface area contributed by atoms with Gasteiger partial charge in [0.2, 0.25) is 0 Å². The number of guanidine groups is 1. The van der Waals surface area contributed by atoms with Crippen LogP contribution in [0.4, 0.5) is 4.39 Å². The predicted molar refractivity (Wildman–Crippen MR) is 111 cm³/mol. The maximum absolute atomic E-state index is 13.3. The zero-order valence-corrected chi connectivity index (χ0v) is 16.5. The van der Waals surface area contributed by atoms with Gasteiger partial charge in [0.05, 0.1) is 6.54 Å². The molecular formula is C21H25FN6O. The normalized spacial score (nSPS) is 12.4. The third kappa shape index (κ3) is 6.03. The lowest BCUT2D eigenvalue weighted by Gasteiger charge is -2.20. The van der Waals surface area contributed by atoms with Gasteiger partial charge in [0.15, 0.2) is 5.96 Å². The molecule has 0 aliphatic carbocycles. The van der Waals surface area contributed by atoms with Crippen molar-refractivity contribution < 1.29 is 9.13 Å². The molecule has 2 aromatic heterocycles. The summed E-state index contributed by atoms with van der Waals surface area (Å²) in [5.41, 5.74) is 1.03. The summed E-state index contributed by atoms with van der Waals surface area (Å²) in [7, 11) is 1.71. The van der Waals surface area contributed by atoms with E-state index in [9.17, 15) is 4.39 Å². The fourth-order valence-electron chi connectivity index (χ4n) is 2.69. The van der Waals surface area contributed by atoms with Crippen molar-refractivity contribution in [3.05, 3.63) is 72.7 Å². The highest BCUT2D eigenvalue weighted by Crippen LogP contribution is 2.14. The Morgan fingerprint density at radius 1 is 1.28 bits per heavy atom. The molecule has 29 heavy (non-hydrogen) atoms. The molecule has 0 radical (unpaired) electrons. The van der Waals surface area contributed by atoms with Gasteiger partial charge in [-0.05, 0) is 30.2 Å². The molecule has 0 saturated carbocycles. The number of nitrogens with one attached hydrogen (secondary N) is 2. The molecule has 1 atom stereocenters. The Morgan fingerprint density at radius 2 is 2.17 bits per heavy atom. The molecule has 0 saturated heterocycles. The Bertz CT molecular complexity index is 911. The smallest absolute Gasteiger partial charge is 0.191 e. The van der Waals surface area contributed by atoms with E-state index in [0.29, 0.717) is 24.8 Å². The van der Waals surface area contributed by atoms with Crippen LogP contribution in [0.2, 0.25) is 0 Å². The van der Waals surface area contributed by atoms with E-state index >= 15 is 0 Å². The minimum Gasteiger partial charge on any atom is -0.489 e. The first kappa shape index (κ1) is 20.3. The first-order chi connectivity index (χ1) is 14.2. The van der Waals surface area contributed by atoms with Gasteiger partial charge in [-0.3, -0.25) is 9.56 Å². The molecule has 0 aliphatic rings. The van der Waals surface area contributed by atoms with Crippen LogP contribution in [0, 0.1) is 5.82 Å². The SMILES string of the molecule is CCC(CNC(=NC)NCc1ccc(-n2ccnc2)nc1)Oc1cccc(F)c1. The third-order valence-corrected chi connectivity index (χ3v) is 4.31. The zero-order chi connectivity index (χ0) is 20.5. The van der Waals surface area contributed by atoms with Crippen LogP contribution < -0.4 is 15.4 Å². The summed E-state index contributed by atoms with van der Waals surface area (Å²) in [6.07, 6.45) is 7.77. The predicted octanol–water partition coefficient (Wildman–Crippen LogP) is 2.93. The first-order valence-corrected chi connectivity index (χ1v) is 9.48. The molecule has 0 bridgehead atoms. The van der Waals surface area contributed by atoms with Crippen LogP contribution in [0.5, 0.6) is 5.75 Å². The Morgan fingerprint density at radius 3 is 2.83 bits per heavy atom. The number of benzene rings is 1. The molecule has 0 aliphatic heterocycles. The molecular weight excluding hydrogens is 371 g/mol. The molecule has 2 heterocycles. The molecule has 8 heteroatoms. The maximum atomic E-state index is 13.3. The Hall–Kier alpha value is -3.42. The highest BCUT2D eigenvalue weighted by Gasteiger charge is 2.10. The molecule has 0 fully saturated rings. The van der Waals surface area contributed by atoms with Crippen molar-refractivity contribution in [3.8, 4) is 11.6 Å². The van der Waals surface area contributed by atoms with Gasteiger partial charge in [0, 0.05) is 38.2 Å². The average molecular weight is 396 g/mol. The van der Waals surface area contributed by atoms with Crippen LogP contribution >= 0.6 is 0 Å². The van der Waals surface area contributed by atoms with Crippen LogP contribution in [-0.2, 0) is 6.54 Å². The topological polar surface area (TPSA) is 76.4 Å². The number of ether oxygens (including phenoxy) is 1. The van der Waals surface area contributed by atoms with E-state index in [1.54, 1.807) is 31.7 Å². The van der Waals surface area contributed by atoms with Crippen LogP contribution in [0.15, 0.2) is 66.3 Å². The monoisotopic (exact) mass is 396 g/mol. The van der Waals surface area contributed by atoms with Crippen molar-refractivity contribution in [1.29, 1.82) is 0 Å². The number of pyridine rings is 1. The van der Waals surface area contributed by atoms with Gasteiger partial charge in [-0.1, -0.05) is 19.1 Å². The minimum absolute atomic E-state index is 0.105. The summed E-state index contributed by atoms with van der Waals surface area (Å²) in [6, 6.07) is 10.1. The maximum Gasteiger partial charge on any atom is 0.191 e. The summed E-state index contributed by atoms with van der Waals surface area (Å²) in [6.45, 7) is 3.15. The lowest BCUT2D eigenvalue weighted by atomic mass is 10.2. The summed E-state index contributed by atoms with van der Waals surface area (Å²) >= 11 is 0. The molecule has 152 valence electrons. The van der Waals surface area contributed by atoms with Crippen LogP contribution in [0.25, 0.3) is 5.82 Å². The van der Waals surface area contributed by atoms with Crippen LogP contribution in [0.3, 0.4) is 0 Å². The third-order valence-electron chi connectivity index (χ3n) is 4.31. The van der Waals surface area contributed by atoms with Gasteiger partial charge in [0.1, 0.15) is 29.8 Å². The largest absolute Gasteiger partial charge is 0.489 e. The van der Waals surface area contributed by atoms with E-state index in [4.69, 9.17) is 4.74 Å². The van der Waals surface area contributed by atoms with Gasteiger partial charge < -0.3 is 15.4 Å². The van der Waals surface area contributed by atoms with Crippen molar-refractivity contribution in [2.75, 3.05) is 13.6 Å². The highest BCUT2D eigenvalue weighted by atomic mass is 19.1. The quantitative estimate of drug-likeness (QED) is 0.452. The van der Waals surface area contributed by atoms with Gasteiger partial charge >= 0.3 is 0 Å². The van der Waals surface area contributed by atoms with E-state index in [0.717, 1.165) is 17.8 Å². The Labute approximate surface area is 169 Å². The van der Waals surface area contributed by atoms with Crippen LogP contribution in [-0.4, -0.2) is 40.2 Å². The van der Waals surface area contributed by atoms with Crippen LogP contribution in [0.1, 0.15) is 18.9 Å². The minimum atomic E-state index is -0.310. The van der Waals surface area contributed by atoms with Gasteiger partial charge in [-0.25, -0.2) is 14.4 Å². The van der Waals surface area contributed by atoms with Gasteiger partial charge in [-0.15, -0.1) is 0 Å². The Balaban J connectivity index is 1.48. The molecule has 1 aromatic carbocycles. The average Bonchev–Trinajstić information content (AvgIpc) is 3.28. The number of imidazole rings is 1. The second-order valence-corrected chi connectivity index (χ2v) is 6.41. The van der Waals surface area contributed by atoms with E-state index in [1.807, 2.05) is 36.0 Å². The first-order valence-electron chi connectivity index (χ1n) is 9.48. The van der Waals surface area contributed by atoms with Crippen molar-refractivity contribution in [1.82, 2.24) is 25.2 Å². The van der Waals surface area contributed by atoms with E-state index in [1.165, 1.54) is 12.1 Å². The summed E-state index contributed by atoms with van der Waals surface area (Å²) in [4.78, 5) is 12.7. The van der Waals surface area contributed by atoms with E-state index in [2.05, 4.69) is 25.6 Å². The number of rotatable bonds is 8. The second kappa shape index (κ2) is 10.2. The summed E-state index contributed by atoms with van der Waals surface area (Å²) in [5, 5.41) is 6.50. The van der Waals surface area contributed by atoms with Crippen molar-refractivity contribution in [2.45, 2.75) is 26.0 Å². The number of halogens is 1. The number of aromatic nitrogens is 3. The van der Waals surface area contributed by atoms with Gasteiger partial charge in [-0.2, -0.15) is 0 Å². The number of nitrogens with zero attached hydrogens (tertiary/aromatic N) is 4. The summed E-state index contributed by atoms with van der Waals surface area (Å²) < 4.78 is 21.0. The van der Waals surface area contributed by atoms with Crippen molar-refractivity contribution in [2.24, 2.45) is 4.99 Å². The molecule has 0 spiro atoms.